The van der Waals surface area contributed by atoms with Crippen LogP contribution in [0, 0.1) is 0 Å². The number of halogens is 1. The van der Waals surface area contributed by atoms with Crippen LogP contribution in [0.25, 0.3) is 5.52 Å². The molecule has 0 fully saturated rings. The van der Waals surface area contributed by atoms with E-state index in [9.17, 15) is 8.42 Å². The topological polar surface area (TPSA) is 51.4 Å². The van der Waals surface area contributed by atoms with E-state index in [1.54, 1.807) is 10.7 Å². The Balaban J connectivity index is 2.29. The summed E-state index contributed by atoms with van der Waals surface area (Å²) in [6.45, 7) is 0. The summed E-state index contributed by atoms with van der Waals surface area (Å²) in [5, 5.41) is 4.10. The summed E-state index contributed by atoms with van der Waals surface area (Å²) in [4.78, 5) is 0. The average Bonchev–Trinajstić information content (AvgIpc) is 2.57. The average molecular weight is 245 g/mol. The highest BCUT2D eigenvalue weighted by Gasteiger charge is 2.09. The van der Waals surface area contributed by atoms with E-state index in [0.29, 0.717) is 6.42 Å². The summed E-state index contributed by atoms with van der Waals surface area (Å²) in [6.07, 6.45) is 3.87. The van der Waals surface area contributed by atoms with Crippen LogP contribution in [0.15, 0.2) is 30.6 Å². The molecule has 80 valence electrons. The second kappa shape index (κ2) is 3.83. The molecule has 0 saturated carbocycles. The van der Waals surface area contributed by atoms with Crippen molar-refractivity contribution in [2.45, 2.75) is 6.42 Å². The van der Waals surface area contributed by atoms with E-state index in [0.717, 1.165) is 11.1 Å². The van der Waals surface area contributed by atoms with Crippen LogP contribution in [0.3, 0.4) is 0 Å². The highest BCUT2D eigenvalue weighted by atomic mass is 35.7. The molecule has 0 aliphatic carbocycles. The lowest BCUT2D eigenvalue weighted by Crippen LogP contribution is -2.00. The molecule has 0 spiro atoms. The fourth-order valence-corrected chi connectivity index (χ4v) is 2.11. The van der Waals surface area contributed by atoms with Gasteiger partial charge in [0.15, 0.2) is 0 Å². The smallest absolute Gasteiger partial charge is 0.232 e. The van der Waals surface area contributed by atoms with Gasteiger partial charge in [-0.1, -0.05) is 6.07 Å². The summed E-state index contributed by atoms with van der Waals surface area (Å²) >= 11 is 0. The van der Waals surface area contributed by atoms with Gasteiger partial charge in [-0.25, -0.2) is 12.9 Å². The highest BCUT2D eigenvalue weighted by Crippen LogP contribution is 2.12. The van der Waals surface area contributed by atoms with Gasteiger partial charge in [0.2, 0.25) is 9.05 Å². The van der Waals surface area contributed by atoms with Crippen molar-refractivity contribution in [1.29, 1.82) is 0 Å². The Morgan fingerprint density at radius 2 is 2.20 bits per heavy atom. The number of hydrogen-bond donors (Lipinski definition) is 0. The van der Waals surface area contributed by atoms with Crippen LogP contribution in [-0.4, -0.2) is 23.8 Å². The Morgan fingerprint density at radius 1 is 1.40 bits per heavy atom. The minimum Gasteiger partial charge on any atom is -0.241 e. The molecule has 0 saturated heterocycles. The molecule has 0 N–H and O–H groups in total. The molecule has 0 bridgehead atoms. The van der Waals surface area contributed by atoms with Crippen molar-refractivity contribution >= 4 is 25.2 Å². The van der Waals surface area contributed by atoms with Crippen LogP contribution >= 0.6 is 10.7 Å². The first-order chi connectivity index (χ1) is 7.06. The molecule has 2 rings (SSSR count). The lowest BCUT2D eigenvalue weighted by atomic mass is 10.2. The zero-order valence-corrected chi connectivity index (χ0v) is 9.37. The Labute approximate surface area is 91.9 Å². The Hall–Kier alpha value is -1.07. The van der Waals surface area contributed by atoms with Crippen LogP contribution in [0.5, 0.6) is 0 Å². The normalized spacial score (nSPS) is 12.1. The molecule has 0 amide bonds. The van der Waals surface area contributed by atoms with Gasteiger partial charge in [0.05, 0.1) is 17.5 Å². The molecule has 0 aliphatic heterocycles. The number of pyridine rings is 1. The summed E-state index contributed by atoms with van der Waals surface area (Å²) in [6, 6.07) is 5.64. The summed E-state index contributed by atoms with van der Waals surface area (Å²) in [7, 11) is 1.71. The van der Waals surface area contributed by atoms with Gasteiger partial charge in [-0.15, -0.1) is 0 Å². The summed E-state index contributed by atoms with van der Waals surface area (Å²) < 4.78 is 23.3. The zero-order chi connectivity index (χ0) is 10.9. The largest absolute Gasteiger partial charge is 0.241 e. The standard InChI is InChI=1S/C9H9ClN2O2S/c10-15(13,14)6-4-8-7-11-12-5-2-1-3-9(8)12/h1-3,5,7H,4,6H2. The van der Waals surface area contributed by atoms with Crippen molar-refractivity contribution in [3.8, 4) is 0 Å². The maximum Gasteiger partial charge on any atom is 0.232 e. The van der Waals surface area contributed by atoms with Crippen LogP contribution in [-0.2, 0) is 15.5 Å². The molecule has 0 radical (unpaired) electrons. The number of hydrogen-bond acceptors (Lipinski definition) is 3. The lowest BCUT2D eigenvalue weighted by Gasteiger charge is -1.96. The second-order valence-corrected chi connectivity index (χ2v) is 6.09. The van der Waals surface area contributed by atoms with Gasteiger partial charge in [0, 0.05) is 16.9 Å². The van der Waals surface area contributed by atoms with Crippen molar-refractivity contribution in [2.24, 2.45) is 0 Å². The minimum atomic E-state index is -3.43. The maximum absolute atomic E-state index is 10.8. The third-order valence-corrected chi connectivity index (χ3v) is 3.28. The van der Waals surface area contributed by atoms with E-state index in [2.05, 4.69) is 5.10 Å². The second-order valence-electron chi connectivity index (χ2n) is 3.19. The first kappa shape index (κ1) is 10.4. The number of rotatable bonds is 3. The van der Waals surface area contributed by atoms with Gasteiger partial charge in [0.1, 0.15) is 0 Å². The van der Waals surface area contributed by atoms with E-state index < -0.39 is 9.05 Å². The van der Waals surface area contributed by atoms with E-state index in [-0.39, 0.29) is 5.75 Å². The maximum atomic E-state index is 10.8. The van der Waals surface area contributed by atoms with Crippen molar-refractivity contribution in [3.05, 3.63) is 36.2 Å². The molecular weight excluding hydrogens is 236 g/mol. The number of fused-ring (bicyclic) bond motifs is 1. The van der Waals surface area contributed by atoms with Crippen LogP contribution < -0.4 is 0 Å². The van der Waals surface area contributed by atoms with E-state index in [1.165, 1.54) is 0 Å². The van der Waals surface area contributed by atoms with Gasteiger partial charge in [-0.3, -0.25) is 0 Å². The predicted octanol–water partition coefficient (Wildman–Crippen LogP) is 1.45. The molecule has 0 unspecified atom stereocenters. The molecule has 2 aromatic rings. The Bertz CT molecular complexity index is 577. The molecule has 0 aromatic carbocycles. The molecule has 0 atom stereocenters. The van der Waals surface area contributed by atoms with E-state index in [1.807, 2.05) is 24.4 Å². The zero-order valence-electron chi connectivity index (χ0n) is 7.80. The minimum absolute atomic E-state index is 0.0647. The van der Waals surface area contributed by atoms with Gasteiger partial charge in [0.25, 0.3) is 0 Å². The summed E-state index contributed by atoms with van der Waals surface area (Å²) in [5.74, 6) is -0.0647. The van der Waals surface area contributed by atoms with Crippen molar-refractivity contribution in [3.63, 3.8) is 0 Å². The summed E-state index contributed by atoms with van der Waals surface area (Å²) in [5.41, 5.74) is 1.80. The Morgan fingerprint density at radius 3 is 2.93 bits per heavy atom. The predicted molar refractivity (Wildman–Crippen MR) is 58.5 cm³/mol. The number of nitrogens with zero attached hydrogens (tertiary/aromatic N) is 2. The quantitative estimate of drug-likeness (QED) is 0.768. The van der Waals surface area contributed by atoms with Gasteiger partial charge >= 0.3 is 0 Å². The molecule has 2 aromatic heterocycles. The molecule has 4 nitrogen and oxygen atoms in total. The monoisotopic (exact) mass is 244 g/mol. The van der Waals surface area contributed by atoms with Crippen LogP contribution in [0.1, 0.15) is 5.56 Å². The molecule has 2 heterocycles. The fraction of sp³-hybridized carbons (Fsp3) is 0.222. The molecule has 0 aliphatic rings. The van der Waals surface area contributed by atoms with Crippen molar-refractivity contribution in [1.82, 2.24) is 9.61 Å². The third kappa shape index (κ3) is 2.49. The highest BCUT2D eigenvalue weighted by molar-refractivity contribution is 8.13. The number of aryl methyl sites for hydroxylation is 1. The van der Waals surface area contributed by atoms with Crippen LogP contribution in [0.4, 0.5) is 0 Å². The van der Waals surface area contributed by atoms with E-state index >= 15 is 0 Å². The van der Waals surface area contributed by atoms with Gasteiger partial charge in [-0.2, -0.15) is 5.10 Å². The third-order valence-electron chi connectivity index (χ3n) is 2.12. The van der Waals surface area contributed by atoms with Crippen molar-refractivity contribution in [2.75, 3.05) is 5.75 Å². The lowest BCUT2D eigenvalue weighted by molar-refractivity contribution is 0.609. The molecule has 6 heteroatoms. The van der Waals surface area contributed by atoms with E-state index in [4.69, 9.17) is 10.7 Å². The van der Waals surface area contributed by atoms with Gasteiger partial charge < -0.3 is 0 Å². The molecule has 15 heavy (non-hydrogen) atoms. The Kier molecular flexibility index (Phi) is 2.67. The number of aromatic nitrogens is 2. The molecular formula is C9H9ClN2O2S. The van der Waals surface area contributed by atoms with Gasteiger partial charge in [-0.05, 0) is 24.1 Å². The van der Waals surface area contributed by atoms with Crippen LogP contribution in [0.2, 0.25) is 0 Å². The first-order valence-electron chi connectivity index (χ1n) is 4.40. The SMILES string of the molecule is O=S(=O)(Cl)CCc1cnn2ccccc12. The fourth-order valence-electron chi connectivity index (χ4n) is 1.41. The first-order valence-corrected chi connectivity index (χ1v) is 6.88. The van der Waals surface area contributed by atoms with Crippen molar-refractivity contribution < 1.29 is 8.42 Å².